The van der Waals surface area contributed by atoms with Gasteiger partial charge in [-0.25, -0.2) is 9.78 Å². The van der Waals surface area contributed by atoms with Gasteiger partial charge in [0.2, 0.25) is 4.21 Å². The van der Waals surface area contributed by atoms with Gasteiger partial charge in [0.05, 0.1) is 28.1 Å². The van der Waals surface area contributed by atoms with Crippen LogP contribution in [0.3, 0.4) is 0 Å². The second kappa shape index (κ2) is 7.74. The first-order valence-corrected chi connectivity index (χ1v) is 10.9. The van der Waals surface area contributed by atoms with Crippen molar-refractivity contribution in [3.63, 3.8) is 0 Å². The molecule has 0 aromatic carbocycles. The summed E-state index contributed by atoms with van der Waals surface area (Å²) in [5, 5.41) is 2.50. The molecule has 25 heavy (non-hydrogen) atoms. The second-order valence-electron chi connectivity index (χ2n) is 5.29. The Bertz CT molecular complexity index is 890. The standard InChI is InChI=1S/C17H18N2O3S3/c1-3-8-25(21)17-14(18)13-10(16(20)22-4-2)9-11(19-15(13)24-17)12-6-5-7-23-12/h5-7,9H,3-4,8,18H2,1-2H3. The number of nitrogens with zero attached hydrogens (tertiary/aromatic N) is 1. The Morgan fingerprint density at radius 3 is 2.88 bits per heavy atom. The number of pyridine rings is 1. The van der Waals surface area contributed by atoms with Crippen LogP contribution in [0.25, 0.3) is 20.8 Å². The first-order valence-electron chi connectivity index (χ1n) is 7.89. The molecular weight excluding hydrogens is 376 g/mol. The van der Waals surface area contributed by atoms with E-state index in [1.807, 2.05) is 24.4 Å². The van der Waals surface area contributed by atoms with Crippen LogP contribution in [0.1, 0.15) is 30.6 Å². The van der Waals surface area contributed by atoms with E-state index >= 15 is 0 Å². The van der Waals surface area contributed by atoms with Crippen LogP contribution in [0.5, 0.6) is 0 Å². The van der Waals surface area contributed by atoms with Crippen molar-refractivity contribution in [3.8, 4) is 10.6 Å². The lowest BCUT2D eigenvalue weighted by atomic mass is 10.1. The maximum absolute atomic E-state index is 12.5. The Balaban J connectivity index is 2.22. The molecule has 3 aromatic heterocycles. The topological polar surface area (TPSA) is 88.3 Å². The Labute approximate surface area is 157 Å². The van der Waals surface area contributed by atoms with Gasteiger partial charge in [0.1, 0.15) is 16.3 Å². The van der Waals surface area contributed by atoms with E-state index in [0.29, 0.717) is 37.1 Å². The van der Waals surface area contributed by atoms with E-state index in [-0.39, 0.29) is 6.61 Å². The number of anilines is 1. The molecule has 0 fully saturated rings. The minimum Gasteiger partial charge on any atom is -0.611 e. The molecular formula is C17H18N2O3S3. The second-order valence-corrected chi connectivity index (χ2v) is 9.00. The van der Waals surface area contributed by atoms with Gasteiger partial charge in [0.15, 0.2) is 0 Å². The summed E-state index contributed by atoms with van der Waals surface area (Å²) in [5.74, 6) is 0.0915. The third-order valence-corrected chi connectivity index (χ3v) is 7.54. The highest BCUT2D eigenvalue weighted by Crippen LogP contribution is 2.40. The van der Waals surface area contributed by atoms with E-state index in [1.54, 1.807) is 24.3 Å². The molecule has 0 aliphatic rings. The predicted octanol–water partition coefficient (Wildman–Crippen LogP) is 4.30. The van der Waals surface area contributed by atoms with Crippen molar-refractivity contribution in [2.75, 3.05) is 18.1 Å². The van der Waals surface area contributed by atoms with Crippen LogP contribution in [0.2, 0.25) is 0 Å². The molecule has 0 spiro atoms. The van der Waals surface area contributed by atoms with Crippen molar-refractivity contribution in [3.05, 3.63) is 29.1 Å². The van der Waals surface area contributed by atoms with Crippen molar-refractivity contribution in [2.24, 2.45) is 0 Å². The maximum Gasteiger partial charge on any atom is 0.338 e. The van der Waals surface area contributed by atoms with Gasteiger partial charge in [-0.15, -0.1) is 11.3 Å². The van der Waals surface area contributed by atoms with E-state index in [1.165, 1.54) is 11.3 Å². The number of nitrogens with two attached hydrogens (primary N) is 1. The smallest absolute Gasteiger partial charge is 0.338 e. The third kappa shape index (κ3) is 3.52. The quantitative estimate of drug-likeness (QED) is 0.497. The lowest BCUT2D eigenvalue weighted by Gasteiger charge is -2.08. The van der Waals surface area contributed by atoms with E-state index < -0.39 is 17.1 Å². The molecule has 0 bridgehead atoms. The zero-order valence-corrected chi connectivity index (χ0v) is 16.4. The number of hydrogen-bond acceptors (Lipinski definition) is 7. The first-order chi connectivity index (χ1) is 12.1. The van der Waals surface area contributed by atoms with Crippen molar-refractivity contribution in [2.45, 2.75) is 24.5 Å². The fraction of sp³-hybridized carbons (Fsp3) is 0.294. The van der Waals surface area contributed by atoms with Crippen LogP contribution in [-0.4, -0.2) is 27.9 Å². The summed E-state index contributed by atoms with van der Waals surface area (Å²) in [4.78, 5) is 18.7. The number of aromatic nitrogens is 1. The Morgan fingerprint density at radius 1 is 1.44 bits per heavy atom. The minimum absolute atomic E-state index is 0.273. The molecule has 1 atom stereocenters. The summed E-state index contributed by atoms with van der Waals surface area (Å²) in [6.07, 6.45) is 0.791. The van der Waals surface area contributed by atoms with Crippen molar-refractivity contribution < 1.29 is 14.1 Å². The molecule has 0 saturated heterocycles. The minimum atomic E-state index is -1.19. The van der Waals surface area contributed by atoms with E-state index in [0.717, 1.165) is 11.3 Å². The number of hydrogen-bond donors (Lipinski definition) is 1. The number of carbonyl (C=O) groups is 1. The summed E-state index contributed by atoms with van der Waals surface area (Å²) in [7, 11) is 0. The third-order valence-electron chi connectivity index (χ3n) is 3.53. The van der Waals surface area contributed by atoms with Gasteiger partial charge >= 0.3 is 5.97 Å². The molecule has 3 heterocycles. The van der Waals surface area contributed by atoms with Gasteiger partial charge < -0.3 is 15.0 Å². The zero-order chi connectivity index (χ0) is 18.0. The van der Waals surface area contributed by atoms with Crippen molar-refractivity contribution in [1.82, 2.24) is 4.98 Å². The van der Waals surface area contributed by atoms with Gasteiger partial charge in [-0.3, -0.25) is 0 Å². The van der Waals surface area contributed by atoms with Gasteiger partial charge in [-0.2, -0.15) is 0 Å². The predicted molar refractivity (Wildman–Crippen MR) is 105 cm³/mol. The van der Waals surface area contributed by atoms with Crippen LogP contribution in [-0.2, 0) is 15.9 Å². The molecule has 2 N–H and O–H groups in total. The summed E-state index contributed by atoms with van der Waals surface area (Å²) < 4.78 is 18.2. The van der Waals surface area contributed by atoms with Crippen LogP contribution in [0.4, 0.5) is 5.69 Å². The van der Waals surface area contributed by atoms with E-state index in [4.69, 9.17) is 10.5 Å². The molecule has 0 amide bonds. The molecule has 0 saturated carbocycles. The summed E-state index contributed by atoms with van der Waals surface area (Å²) in [5.41, 5.74) is 7.69. The number of esters is 1. The monoisotopic (exact) mass is 394 g/mol. The Hall–Kier alpha value is -1.61. The van der Waals surface area contributed by atoms with Crippen molar-refractivity contribution >= 4 is 55.7 Å². The summed E-state index contributed by atoms with van der Waals surface area (Å²) in [6, 6.07) is 5.59. The SMILES string of the molecule is CCC[S+]([O-])c1sc2nc(-c3cccs3)cc(C(=O)OCC)c2c1N. The molecule has 1 unspecified atom stereocenters. The maximum atomic E-state index is 12.5. The molecule has 3 aromatic rings. The summed E-state index contributed by atoms with van der Waals surface area (Å²) in [6.45, 7) is 4.00. The molecule has 0 aliphatic heterocycles. The van der Waals surface area contributed by atoms with Gasteiger partial charge in [0.25, 0.3) is 0 Å². The zero-order valence-electron chi connectivity index (χ0n) is 13.9. The molecule has 0 aliphatic carbocycles. The number of fused-ring (bicyclic) bond motifs is 1. The molecule has 5 nitrogen and oxygen atoms in total. The van der Waals surface area contributed by atoms with Crippen LogP contribution in [0.15, 0.2) is 27.8 Å². The lowest BCUT2D eigenvalue weighted by Crippen LogP contribution is -2.08. The number of nitrogen functional groups attached to an aromatic ring is 1. The number of carbonyl (C=O) groups excluding carboxylic acids is 1. The number of rotatable bonds is 6. The average molecular weight is 395 g/mol. The van der Waals surface area contributed by atoms with E-state index in [2.05, 4.69) is 4.98 Å². The van der Waals surface area contributed by atoms with Gasteiger partial charge in [-0.1, -0.05) is 24.3 Å². The highest BCUT2D eigenvalue weighted by molar-refractivity contribution is 7.93. The normalized spacial score (nSPS) is 12.4. The number of ether oxygens (including phenoxy) is 1. The highest BCUT2D eigenvalue weighted by atomic mass is 32.2. The fourth-order valence-electron chi connectivity index (χ4n) is 2.47. The molecule has 3 rings (SSSR count). The molecule has 0 radical (unpaired) electrons. The van der Waals surface area contributed by atoms with Crippen LogP contribution in [0, 0.1) is 0 Å². The van der Waals surface area contributed by atoms with E-state index in [9.17, 15) is 9.35 Å². The van der Waals surface area contributed by atoms with Gasteiger partial charge in [-0.05, 0) is 42.0 Å². The first kappa shape index (κ1) is 18.2. The Kier molecular flexibility index (Phi) is 5.63. The fourth-order valence-corrected chi connectivity index (χ4v) is 5.77. The highest BCUT2D eigenvalue weighted by Gasteiger charge is 2.26. The summed E-state index contributed by atoms with van der Waals surface area (Å²) >= 11 is 1.64. The van der Waals surface area contributed by atoms with Crippen molar-refractivity contribution in [1.29, 1.82) is 0 Å². The molecule has 132 valence electrons. The molecule has 8 heteroatoms. The number of thiophene rings is 2. The van der Waals surface area contributed by atoms with Crippen LogP contribution >= 0.6 is 22.7 Å². The Morgan fingerprint density at radius 2 is 2.24 bits per heavy atom. The largest absolute Gasteiger partial charge is 0.611 e. The van der Waals surface area contributed by atoms with Gasteiger partial charge in [0, 0.05) is 0 Å². The lowest BCUT2D eigenvalue weighted by molar-refractivity contribution is 0.0528. The average Bonchev–Trinajstić information content (AvgIpc) is 3.23. The van der Waals surface area contributed by atoms with Crippen LogP contribution < -0.4 is 5.73 Å².